The number of aryl methyl sites for hydroxylation is 2. The molecule has 0 saturated carbocycles. The Morgan fingerprint density at radius 1 is 0.875 bits per heavy atom. The maximum absolute atomic E-state index is 13.5. The van der Waals surface area contributed by atoms with Crippen LogP contribution in [0.4, 0.5) is 0 Å². The van der Waals surface area contributed by atoms with Crippen molar-refractivity contribution in [3.8, 4) is 11.5 Å². The van der Waals surface area contributed by atoms with Gasteiger partial charge in [0.1, 0.15) is 12.1 Å². The zero-order chi connectivity index (χ0) is 34.8. The van der Waals surface area contributed by atoms with Gasteiger partial charge in [0.25, 0.3) is 0 Å². The second-order valence-corrected chi connectivity index (χ2v) is 13.9. The number of amides is 2. The molecule has 256 valence electrons. The fraction of sp³-hybridized carbons (Fsp3) is 0.371. The van der Waals surface area contributed by atoms with Crippen LogP contribution >= 0.6 is 0 Å². The van der Waals surface area contributed by atoms with Crippen molar-refractivity contribution < 1.29 is 32.3 Å². The summed E-state index contributed by atoms with van der Waals surface area (Å²) in [6.45, 7) is 8.94. The number of rotatable bonds is 16. The molecule has 0 spiro atoms. The summed E-state index contributed by atoms with van der Waals surface area (Å²) in [7, 11) is -4.12. The number of hydrogen-bond acceptors (Lipinski definition) is 9. The number of aliphatic hydroxyl groups excluding tert-OH is 1. The van der Waals surface area contributed by atoms with Crippen LogP contribution in [0.2, 0.25) is 0 Å². The molecule has 4 aromatic rings. The number of aliphatic hydroxyl groups is 1. The highest BCUT2D eigenvalue weighted by molar-refractivity contribution is 7.89. The van der Waals surface area contributed by atoms with Crippen molar-refractivity contribution in [1.29, 1.82) is 0 Å². The lowest BCUT2D eigenvalue weighted by Crippen LogP contribution is -2.55. The Labute approximate surface area is 281 Å². The van der Waals surface area contributed by atoms with Crippen LogP contribution in [0, 0.1) is 19.8 Å². The molecule has 0 aliphatic heterocycles. The fourth-order valence-electron chi connectivity index (χ4n) is 4.88. The number of nitrogens with zero attached hydrogens (tertiary/aromatic N) is 2. The summed E-state index contributed by atoms with van der Waals surface area (Å²) in [5, 5.41) is 24.6. The predicted molar refractivity (Wildman–Crippen MR) is 180 cm³/mol. The van der Waals surface area contributed by atoms with E-state index in [9.17, 15) is 23.1 Å². The molecule has 0 aliphatic carbocycles. The number of nitrogens with one attached hydrogen (secondary N) is 3. The summed E-state index contributed by atoms with van der Waals surface area (Å²) in [5.74, 6) is -1.13. The Morgan fingerprint density at radius 3 is 2.21 bits per heavy atom. The Hall–Kier alpha value is -4.43. The second-order valence-electron chi connectivity index (χ2n) is 12.2. The molecule has 0 bridgehead atoms. The van der Waals surface area contributed by atoms with Crippen LogP contribution in [0.1, 0.15) is 55.9 Å². The van der Waals surface area contributed by atoms with Crippen LogP contribution in [0.15, 0.2) is 88.2 Å². The Kier molecular flexibility index (Phi) is 12.6. The van der Waals surface area contributed by atoms with Crippen LogP contribution in [-0.4, -0.2) is 60.3 Å². The average molecular weight is 678 g/mol. The molecule has 0 radical (unpaired) electrons. The topological polar surface area (TPSA) is 173 Å². The van der Waals surface area contributed by atoms with Crippen molar-refractivity contribution in [3.05, 3.63) is 101 Å². The minimum absolute atomic E-state index is 0.0162. The molecule has 2 amide bonds. The van der Waals surface area contributed by atoms with E-state index in [-0.39, 0.29) is 35.8 Å². The molecular formula is C35H43N5O7S. The summed E-state index contributed by atoms with van der Waals surface area (Å²) in [6, 6.07) is 19.6. The summed E-state index contributed by atoms with van der Waals surface area (Å²) >= 11 is 0. The molecule has 3 aromatic carbocycles. The highest BCUT2D eigenvalue weighted by atomic mass is 32.2. The van der Waals surface area contributed by atoms with E-state index in [1.807, 2.05) is 70.2 Å². The van der Waals surface area contributed by atoms with E-state index >= 15 is 0 Å². The highest BCUT2D eigenvalue weighted by Crippen LogP contribution is 2.25. The molecular weight excluding hydrogens is 634 g/mol. The quantitative estimate of drug-likeness (QED) is 0.137. The molecule has 4 rings (SSSR count). The smallest absolute Gasteiger partial charge is 0.247 e. The van der Waals surface area contributed by atoms with E-state index < -0.39 is 46.1 Å². The van der Waals surface area contributed by atoms with Crippen LogP contribution < -0.4 is 15.4 Å². The molecule has 4 atom stereocenters. The molecule has 1 heterocycles. The molecule has 0 saturated heterocycles. The second kappa shape index (κ2) is 16.6. The van der Waals surface area contributed by atoms with Gasteiger partial charge in [-0.15, -0.1) is 10.2 Å². The van der Waals surface area contributed by atoms with Gasteiger partial charge >= 0.3 is 0 Å². The van der Waals surface area contributed by atoms with Gasteiger partial charge in [-0.25, -0.2) is 8.42 Å². The van der Waals surface area contributed by atoms with Crippen molar-refractivity contribution in [3.63, 3.8) is 0 Å². The van der Waals surface area contributed by atoms with Crippen LogP contribution in [0.5, 0.6) is 0 Å². The van der Waals surface area contributed by atoms with Crippen LogP contribution in [0.25, 0.3) is 11.5 Å². The number of hydrogen-bond donors (Lipinski definition) is 4. The van der Waals surface area contributed by atoms with Gasteiger partial charge in [-0.3, -0.25) is 9.59 Å². The lowest BCUT2D eigenvalue weighted by atomic mass is 9.98. The number of aromatic nitrogens is 2. The number of ether oxygens (including phenoxy) is 1. The molecule has 1 unspecified atom stereocenters. The molecule has 0 aliphatic rings. The average Bonchev–Trinajstić information content (AvgIpc) is 3.55. The van der Waals surface area contributed by atoms with Gasteiger partial charge in [0.05, 0.1) is 24.2 Å². The molecule has 13 heteroatoms. The zero-order valence-electron chi connectivity index (χ0n) is 27.7. The molecule has 12 nitrogen and oxygen atoms in total. The number of carbonyl (C=O) groups is 2. The van der Waals surface area contributed by atoms with Gasteiger partial charge < -0.3 is 24.9 Å². The summed E-state index contributed by atoms with van der Waals surface area (Å²) in [4.78, 5) is 26.8. The van der Waals surface area contributed by atoms with Crippen molar-refractivity contribution in [1.82, 2.24) is 25.6 Å². The first-order valence-electron chi connectivity index (χ1n) is 15.7. The fourth-order valence-corrected chi connectivity index (χ4v) is 6.06. The van der Waals surface area contributed by atoms with Crippen molar-refractivity contribution in [2.24, 2.45) is 5.92 Å². The van der Waals surface area contributed by atoms with E-state index in [4.69, 9.17) is 9.15 Å². The third-order valence-electron chi connectivity index (χ3n) is 7.65. The van der Waals surface area contributed by atoms with E-state index in [1.54, 1.807) is 24.3 Å². The maximum Gasteiger partial charge on any atom is 0.247 e. The van der Waals surface area contributed by atoms with Crippen molar-refractivity contribution >= 4 is 21.8 Å². The first-order valence-corrected chi connectivity index (χ1v) is 17.2. The maximum atomic E-state index is 13.5. The minimum Gasteiger partial charge on any atom is -0.418 e. The molecule has 4 N–H and O–H groups in total. The molecule has 1 aromatic heterocycles. The number of carbonyl (C=O) groups excluding carboxylic acids is 2. The van der Waals surface area contributed by atoms with E-state index in [0.717, 1.165) is 16.7 Å². The minimum atomic E-state index is -4.12. The standard InChI is InChI=1S/C35H43N5O7S/c1-22(2)19-29(31(41)35-39-38-34(47-35)26-12-7-6-8-13-26)37-32(42)25(5)36-33(43)30(21-46-20-27-14-10-9-11-24(27)4)40-48(44,45)28-17-15-23(3)16-18-28/h6-18,22,25,29-31,40-41H,19-21H2,1-5H3,(H,36,43)(H,37,42)/t25-,29-,30-,31?/m0/s1. The third kappa shape index (κ3) is 10.0. The molecule has 0 fully saturated rings. The van der Waals surface area contributed by atoms with Gasteiger partial charge in [0, 0.05) is 5.56 Å². The zero-order valence-corrected chi connectivity index (χ0v) is 28.5. The summed E-state index contributed by atoms with van der Waals surface area (Å²) in [5.41, 5.74) is 3.43. The van der Waals surface area contributed by atoms with E-state index in [0.29, 0.717) is 12.0 Å². The van der Waals surface area contributed by atoms with E-state index in [2.05, 4.69) is 25.6 Å². The van der Waals surface area contributed by atoms with Crippen molar-refractivity contribution in [2.75, 3.05) is 6.61 Å². The Morgan fingerprint density at radius 2 is 1.54 bits per heavy atom. The largest absolute Gasteiger partial charge is 0.418 e. The highest BCUT2D eigenvalue weighted by Gasteiger charge is 2.32. The van der Waals surface area contributed by atoms with Gasteiger partial charge in [-0.05, 0) is 68.5 Å². The normalized spacial score (nSPS) is 14.2. The number of sulfonamides is 1. The summed E-state index contributed by atoms with van der Waals surface area (Å²) < 4.78 is 40.4. The number of benzene rings is 3. The first-order chi connectivity index (χ1) is 22.8. The monoisotopic (exact) mass is 677 g/mol. The lowest BCUT2D eigenvalue weighted by molar-refractivity contribution is -0.131. The van der Waals surface area contributed by atoms with Crippen LogP contribution in [-0.2, 0) is 31.0 Å². The Balaban J connectivity index is 1.46. The van der Waals surface area contributed by atoms with Gasteiger partial charge in [-0.1, -0.05) is 74.0 Å². The Bertz CT molecular complexity index is 1760. The predicted octanol–water partition coefficient (Wildman–Crippen LogP) is 3.99. The van der Waals surface area contributed by atoms with E-state index in [1.165, 1.54) is 19.1 Å². The van der Waals surface area contributed by atoms with Gasteiger partial charge in [-0.2, -0.15) is 4.72 Å². The van der Waals surface area contributed by atoms with Crippen LogP contribution in [0.3, 0.4) is 0 Å². The van der Waals surface area contributed by atoms with Gasteiger partial charge in [0.15, 0.2) is 6.10 Å². The summed E-state index contributed by atoms with van der Waals surface area (Å²) in [6.07, 6.45) is -0.962. The van der Waals surface area contributed by atoms with Gasteiger partial charge in [0.2, 0.25) is 33.6 Å². The SMILES string of the molecule is Cc1ccc(S(=O)(=O)N[C@@H](COCc2ccccc2C)C(=O)N[C@@H](C)C(=O)N[C@@H](CC(C)C)C(O)c2nnc(-c3ccccc3)o2)cc1. The lowest BCUT2D eigenvalue weighted by Gasteiger charge is -2.26. The molecule has 48 heavy (non-hydrogen) atoms. The van der Waals surface area contributed by atoms with Crippen molar-refractivity contribution in [2.45, 2.75) is 76.8 Å². The third-order valence-corrected chi connectivity index (χ3v) is 9.14. The first kappa shape index (κ1) is 36.4.